The van der Waals surface area contributed by atoms with Gasteiger partial charge in [-0.25, -0.2) is 0 Å². The first-order chi connectivity index (χ1) is 6.22. The summed E-state index contributed by atoms with van der Waals surface area (Å²) in [7, 11) is 0. The zero-order valence-corrected chi connectivity index (χ0v) is 8.46. The van der Waals surface area contributed by atoms with Crippen molar-refractivity contribution in [3.05, 3.63) is 35.4 Å². The highest BCUT2D eigenvalue weighted by atomic mass is 16.3. The molecule has 0 saturated heterocycles. The molecule has 1 heteroatoms. The number of aliphatic hydroxyl groups excluding tert-OH is 1. The number of benzene rings is 1. The Bertz CT molecular complexity index is 236. The maximum Gasteiger partial charge on any atom is 0.0552 e. The Hall–Kier alpha value is -0.820. The van der Waals surface area contributed by atoms with Crippen LogP contribution in [0.1, 0.15) is 31.4 Å². The second kappa shape index (κ2) is 5.03. The Morgan fingerprint density at radius 2 is 1.69 bits per heavy atom. The summed E-state index contributed by atoms with van der Waals surface area (Å²) in [5, 5.41) is 9.18. The predicted octanol–water partition coefficient (Wildman–Crippen LogP) is 2.56. The SMILES string of the molecule is CCCc1ccc(C[C@H](C)O)cc1. The van der Waals surface area contributed by atoms with Crippen molar-refractivity contribution in [3.63, 3.8) is 0 Å². The van der Waals surface area contributed by atoms with Gasteiger partial charge < -0.3 is 5.11 Å². The molecule has 0 amide bonds. The minimum absolute atomic E-state index is 0.239. The summed E-state index contributed by atoms with van der Waals surface area (Å²) < 4.78 is 0. The standard InChI is InChI=1S/C12H18O/c1-3-4-11-5-7-12(8-6-11)9-10(2)13/h5-8,10,13H,3-4,9H2,1-2H3/t10-/m0/s1. The highest BCUT2D eigenvalue weighted by Gasteiger charge is 1.98. The van der Waals surface area contributed by atoms with E-state index in [2.05, 4.69) is 31.2 Å². The van der Waals surface area contributed by atoms with Crippen molar-refractivity contribution in [1.29, 1.82) is 0 Å². The van der Waals surface area contributed by atoms with Gasteiger partial charge in [-0.15, -0.1) is 0 Å². The highest BCUT2D eigenvalue weighted by molar-refractivity contribution is 5.23. The van der Waals surface area contributed by atoms with E-state index in [0.717, 1.165) is 12.8 Å². The molecule has 0 unspecified atom stereocenters. The molecule has 0 aromatic heterocycles. The molecule has 1 aromatic rings. The molecule has 0 radical (unpaired) electrons. The van der Waals surface area contributed by atoms with Gasteiger partial charge in [0.1, 0.15) is 0 Å². The van der Waals surface area contributed by atoms with Crippen LogP contribution in [0.25, 0.3) is 0 Å². The van der Waals surface area contributed by atoms with E-state index >= 15 is 0 Å². The molecule has 0 aliphatic carbocycles. The molecule has 0 bridgehead atoms. The minimum Gasteiger partial charge on any atom is -0.393 e. The van der Waals surface area contributed by atoms with Gasteiger partial charge in [-0.2, -0.15) is 0 Å². The lowest BCUT2D eigenvalue weighted by molar-refractivity contribution is 0.195. The Balaban J connectivity index is 2.59. The predicted molar refractivity (Wildman–Crippen MR) is 55.8 cm³/mol. The molecule has 0 aliphatic heterocycles. The van der Waals surface area contributed by atoms with Crippen LogP contribution in [0.3, 0.4) is 0 Å². The average molecular weight is 178 g/mol. The molecular formula is C12H18O. The summed E-state index contributed by atoms with van der Waals surface area (Å²) in [6, 6.07) is 8.53. The fraction of sp³-hybridized carbons (Fsp3) is 0.500. The van der Waals surface area contributed by atoms with Crippen LogP contribution >= 0.6 is 0 Å². The topological polar surface area (TPSA) is 20.2 Å². The molecule has 0 saturated carbocycles. The number of rotatable bonds is 4. The van der Waals surface area contributed by atoms with Gasteiger partial charge in [0, 0.05) is 0 Å². The average Bonchev–Trinajstić information content (AvgIpc) is 2.08. The first-order valence-corrected chi connectivity index (χ1v) is 4.98. The van der Waals surface area contributed by atoms with E-state index in [0.29, 0.717) is 0 Å². The van der Waals surface area contributed by atoms with E-state index in [1.165, 1.54) is 17.5 Å². The van der Waals surface area contributed by atoms with Crippen molar-refractivity contribution >= 4 is 0 Å². The maximum atomic E-state index is 9.18. The van der Waals surface area contributed by atoms with Crippen molar-refractivity contribution in [2.24, 2.45) is 0 Å². The van der Waals surface area contributed by atoms with Crippen LogP contribution in [0.15, 0.2) is 24.3 Å². The quantitative estimate of drug-likeness (QED) is 0.751. The van der Waals surface area contributed by atoms with Crippen LogP contribution in [-0.4, -0.2) is 11.2 Å². The second-order valence-electron chi connectivity index (χ2n) is 3.62. The van der Waals surface area contributed by atoms with Crippen LogP contribution in [0.4, 0.5) is 0 Å². The Kier molecular flexibility index (Phi) is 3.97. The normalized spacial score (nSPS) is 12.8. The Morgan fingerprint density at radius 1 is 1.15 bits per heavy atom. The molecule has 13 heavy (non-hydrogen) atoms. The van der Waals surface area contributed by atoms with Crippen LogP contribution in [0.2, 0.25) is 0 Å². The number of hydrogen-bond donors (Lipinski definition) is 1. The third-order valence-electron chi connectivity index (χ3n) is 2.09. The van der Waals surface area contributed by atoms with Crippen molar-refractivity contribution in [2.75, 3.05) is 0 Å². The first-order valence-electron chi connectivity index (χ1n) is 4.98. The van der Waals surface area contributed by atoms with Gasteiger partial charge in [0.15, 0.2) is 0 Å². The van der Waals surface area contributed by atoms with Crippen LogP contribution in [0.5, 0.6) is 0 Å². The van der Waals surface area contributed by atoms with E-state index in [4.69, 9.17) is 0 Å². The lowest BCUT2D eigenvalue weighted by Crippen LogP contribution is -2.03. The van der Waals surface area contributed by atoms with Gasteiger partial charge in [0.25, 0.3) is 0 Å². The summed E-state index contributed by atoms with van der Waals surface area (Å²) in [4.78, 5) is 0. The monoisotopic (exact) mass is 178 g/mol. The van der Waals surface area contributed by atoms with E-state index in [9.17, 15) is 5.11 Å². The largest absolute Gasteiger partial charge is 0.393 e. The van der Waals surface area contributed by atoms with Gasteiger partial charge in [-0.3, -0.25) is 0 Å². The lowest BCUT2D eigenvalue weighted by Gasteiger charge is -2.05. The summed E-state index contributed by atoms with van der Waals surface area (Å²) in [5.41, 5.74) is 2.60. The van der Waals surface area contributed by atoms with Gasteiger partial charge in [-0.1, -0.05) is 37.6 Å². The van der Waals surface area contributed by atoms with E-state index < -0.39 is 0 Å². The van der Waals surface area contributed by atoms with Gasteiger partial charge in [0.2, 0.25) is 0 Å². The molecule has 0 spiro atoms. The zero-order chi connectivity index (χ0) is 9.68. The van der Waals surface area contributed by atoms with Crippen molar-refractivity contribution in [3.8, 4) is 0 Å². The van der Waals surface area contributed by atoms with Gasteiger partial charge in [-0.05, 0) is 30.9 Å². The third-order valence-corrected chi connectivity index (χ3v) is 2.09. The molecule has 1 nitrogen and oxygen atoms in total. The van der Waals surface area contributed by atoms with Crippen LogP contribution < -0.4 is 0 Å². The molecule has 0 heterocycles. The Morgan fingerprint density at radius 3 is 2.15 bits per heavy atom. The van der Waals surface area contributed by atoms with Crippen molar-refractivity contribution < 1.29 is 5.11 Å². The number of hydrogen-bond acceptors (Lipinski definition) is 1. The Labute approximate surface area is 80.4 Å². The maximum absolute atomic E-state index is 9.18. The van der Waals surface area contributed by atoms with Gasteiger partial charge >= 0.3 is 0 Å². The molecule has 1 rings (SSSR count). The van der Waals surface area contributed by atoms with Gasteiger partial charge in [0.05, 0.1) is 6.10 Å². The molecule has 0 aliphatic rings. The van der Waals surface area contributed by atoms with Crippen molar-refractivity contribution in [1.82, 2.24) is 0 Å². The van der Waals surface area contributed by atoms with Crippen molar-refractivity contribution in [2.45, 2.75) is 39.2 Å². The minimum atomic E-state index is -0.239. The van der Waals surface area contributed by atoms with E-state index in [1.54, 1.807) is 0 Å². The van der Waals surface area contributed by atoms with E-state index in [1.807, 2.05) is 6.92 Å². The second-order valence-corrected chi connectivity index (χ2v) is 3.62. The molecule has 1 atom stereocenters. The zero-order valence-electron chi connectivity index (χ0n) is 8.46. The molecule has 0 fully saturated rings. The highest BCUT2D eigenvalue weighted by Crippen LogP contribution is 2.08. The molecule has 72 valence electrons. The summed E-state index contributed by atoms with van der Waals surface area (Å²) in [5.74, 6) is 0. The smallest absolute Gasteiger partial charge is 0.0552 e. The summed E-state index contributed by atoms with van der Waals surface area (Å²) >= 11 is 0. The van der Waals surface area contributed by atoms with Crippen LogP contribution in [-0.2, 0) is 12.8 Å². The summed E-state index contributed by atoms with van der Waals surface area (Å²) in [6.07, 6.45) is 2.86. The first kappa shape index (κ1) is 10.3. The van der Waals surface area contributed by atoms with E-state index in [-0.39, 0.29) is 6.10 Å². The number of aliphatic hydroxyl groups is 1. The molecule has 1 N–H and O–H groups in total. The fourth-order valence-corrected chi connectivity index (χ4v) is 1.47. The van der Waals surface area contributed by atoms with Crippen LogP contribution in [0, 0.1) is 0 Å². The number of aryl methyl sites for hydroxylation is 1. The molecular weight excluding hydrogens is 160 g/mol. The summed E-state index contributed by atoms with van der Waals surface area (Å²) in [6.45, 7) is 4.00. The fourth-order valence-electron chi connectivity index (χ4n) is 1.47. The third kappa shape index (κ3) is 3.60. The lowest BCUT2D eigenvalue weighted by atomic mass is 10.0. The molecule has 1 aromatic carbocycles.